The molecule has 0 amide bonds. The second kappa shape index (κ2) is 4.41. The Morgan fingerprint density at radius 1 is 1.44 bits per heavy atom. The zero-order valence-corrected chi connectivity index (χ0v) is 10.1. The first-order chi connectivity index (χ1) is 7.55. The van der Waals surface area contributed by atoms with Crippen molar-refractivity contribution in [2.75, 3.05) is 16.8 Å². The van der Waals surface area contributed by atoms with Crippen LogP contribution in [0.2, 0.25) is 0 Å². The molecule has 0 bridgehead atoms. The average molecular weight is 240 g/mol. The highest BCUT2D eigenvalue weighted by atomic mass is 32.2. The van der Waals surface area contributed by atoms with Gasteiger partial charge in [-0.15, -0.1) is 0 Å². The Labute approximate surface area is 96.0 Å². The van der Waals surface area contributed by atoms with Crippen LogP contribution in [0.25, 0.3) is 0 Å². The standard InChI is InChI=1S/C11H16N2O2S/c1-9-5-11(7-12-6-9)13-10-3-2-4-16(14,15)8-10/h5-7,10,13H,2-4,8H2,1H3. The minimum absolute atomic E-state index is 0.0300. The van der Waals surface area contributed by atoms with Crippen LogP contribution in [0.5, 0.6) is 0 Å². The Bertz CT molecular complexity index is 471. The predicted octanol–water partition coefficient (Wildman–Crippen LogP) is 1.38. The molecule has 0 aromatic carbocycles. The predicted molar refractivity (Wildman–Crippen MR) is 64.3 cm³/mol. The number of rotatable bonds is 2. The molecule has 1 N–H and O–H groups in total. The van der Waals surface area contributed by atoms with Gasteiger partial charge < -0.3 is 5.32 Å². The van der Waals surface area contributed by atoms with E-state index in [9.17, 15) is 8.42 Å². The van der Waals surface area contributed by atoms with E-state index in [1.54, 1.807) is 12.4 Å². The lowest BCUT2D eigenvalue weighted by molar-refractivity contribution is 0.562. The van der Waals surface area contributed by atoms with E-state index >= 15 is 0 Å². The lowest BCUT2D eigenvalue weighted by atomic mass is 10.2. The second-order valence-corrected chi connectivity index (χ2v) is 6.58. The van der Waals surface area contributed by atoms with E-state index < -0.39 is 9.84 Å². The molecule has 0 aliphatic carbocycles. The fourth-order valence-electron chi connectivity index (χ4n) is 2.01. The summed E-state index contributed by atoms with van der Waals surface area (Å²) >= 11 is 0. The number of hydrogen-bond donors (Lipinski definition) is 1. The van der Waals surface area contributed by atoms with Gasteiger partial charge in [-0.1, -0.05) is 0 Å². The number of aromatic nitrogens is 1. The van der Waals surface area contributed by atoms with Crippen molar-refractivity contribution in [3.63, 3.8) is 0 Å². The van der Waals surface area contributed by atoms with Crippen LogP contribution in [-0.2, 0) is 9.84 Å². The summed E-state index contributed by atoms with van der Waals surface area (Å²) in [5.74, 6) is 0.568. The highest BCUT2D eigenvalue weighted by Crippen LogP contribution is 2.17. The van der Waals surface area contributed by atoms with E-state index in [-0.39, 0.29) is 11.8 Å². The Morgan fingerprint density at radius 2 is 2.25 bits per heavy atom. The van der Waals surface area contributed by atoms with Crippen molar-refractivity contribution in [2.45, 2.75) is 25.8 Å². The summed E-state index contributed by atoms with van der Waals surface area (Å²) in [6.07, 6.45) is 5.17. The molecule has 1 unspecified atom stereocenters. The maximum absolute atomic E-state index is 11.5. The second-order valence-electron chi connectivity index (χ2n) is 4.35. The van der Waals surface area contributed by atoms with Crippen LogP contribution in [0.15, 0.2) is 18.5 Å². The molecule has 0 saturated carbocycles. The van der Waals surface area contributed by atoms with Crippen molar-refractivity contribution < 1.29 is 8.42 Å². The first-order valence-electron chi connectivity index (χ1n) is 5.44. The average Bonchev–Trinajstić information content (AvgIpc) is 2.15. The highest BCUT2D eigenvalue weighted by molar-refractivity contribution is 7.91. The monoisotopic (exact) mass is 240 g/mol. The highest BCUT2D eigenvalue weighted by Gasteiger charge is 2.24. The van der Waals surface area contributed by atoms with Gasteiger partial charge in [0, 0.05) is 18.4 Å². The molecule has 0 radical (unpaired) electrons. The molecular weight excluding hydrogens is 224 g/mol. The molecule has 4 nitrogen and oxygen atoms in total. The van der Waals surface area contributed by atoms with E-state index in [0.29, 0.717) is 5.75 Å². The third kappa shape index (κ3) is 2.95. The van der Waals surface area contributed by atoms with Crippen molar-refractivity contribution in [3.05, 3.63) is 24.0 Å². The molecule has 2 heterocycles. The molecule has 1 saturated heterocycles. The van der Waals surface area contributed by atoms with Gasteiger partial charge >= 0.3 is 0 Å². The summed E-state index contributed by atoms with van der Waals surface area (Å²) in [7, 11) is -2.85. The van der Waals surface area contributed by atoms with Gasteiger partial charge in [-0.25, -0.2) is 8.42 Å². The molecule has 16 heavy (non-hydrogen) atoms. The Hall–Kier alpha value is -1.10. The van der Waals surface area contributed by atoms with Gasteiger partial charge in [-0.05, 0) is 31.4 Å². The normalized spacial score (nSPS) is 23.9. The maximum Gasteiger partial charge on any atom is 0.152 e. The molecule has 1 aliphatic heterocycles. The lowest BCUT2D eigenvalue weighted by Crippen LogP contribution is -2.34. The zero-order chi connectivity index (χ0) is 11.6. The minimum Gasteiger partial charge on any atom is -0.380 e. The molecule has 1 aromatic rings. The summed E-state index contributed by atoms with van der Waals surface area (Å²) in [5.41, 5.74) is 1.98. The van der Waals surface area contributed by atoms with Crippen LogP contribution in [0.4, 0.5) is 5.69 Å². The van der Waals surface area contributed by atoms with Crippen LogP contribution in [0.1, 0.15) is 18.4 Å². The fourth-order valence-corrected chi connectivity index (χ4v) is 3.64. The van der Waals surface area contributed by atoms with E-state index in [2.05, 4.69) is 10.3 Å². The topological polar surface area (TPSA) is 59.1 Å². The molecule has 1 fully saturated rings. The van der Waals surface area contributed by atoms with Gasteiger partial charge in [-0.2, -0.15) is 0 Å². The summed E-state index contributed by atoms with van der Waals surface area (Å²) in [5, 5.41) is 3.24. The molecular formula is C11H16N2O2S. The molecule has 2 rings (SSSR count). The van der Waals surface area contributed by atoms with Crippen molar-refractivity contribution in [1.82, 2.24) is 4.98 Å². The van der Waals surface area contributed by atoms with Crippen LogP contribution in [-0.4, -0.2) is 30.9 Å². The van der Waals surface area contributed by atoms with Crippen molar-refractivity contribution in [3.8, 4) is 0 Å². The van der Waals surface area contributed by atoms with Gasteiger partial charge in [0.25, 0.3) is 0 Å². The van der Waals surface area contributed by atoms with Crippen molar-refractivity contribution in [1.29, 1.82) is 0 Å². The number of aryl methyl sites for hydroxylation is 1. The summed E-state index contributed by atoms with van der Waals surface area (Å²) in [6.45, 7) is 1.97. The van der Waals surface area contributed by atoms with Gasteiger partial charge in [0.1, 0.15) is 0 Å². The first kappa shape index (κ1) is 11.4. The molecule has 1 atom stereocenters. The molecule has 1 aromatic heterocycles. The number of pyridine rings is 1. The number of anilines is 1. The quantitative estimate of drug-likeness (QED) is 0.848. The molecule has 0 spiro atoms. The largest absolute Gasteiger partial charge is 0.380 e. The number of sulfone groups is 1. The van der Waals surface area contributed by atoms with Gasteiger partial charge in [0.05, 0.1) is 17.2 Å². The summed E-state index contributed by atoms with van der Waals surface area (Å²) in [4.78, 5) is 4.07. The van der Waals surface area contributed by atoms with E-state index in [4.69, 9.17) is 0 Å². The van der Waals surface area contributed by atoms with Crippen LogP contribution < -0.4 is 5.32 Å². The van der Waals surface area contributed by atoms with Crippen LogP contribution in [0, 0.1) is 6.92 Å². The number of nitrogens with one attached hydrogen (secondary N) is 1. The van der Waals surface area contributed by atoms with E-state index in [0.717, 1.165) is 24.1 Å². The molecule has 1 aliphatic rings. The first-order valence-corrected chi connectivity index (χ1v) is 7.26. The van der Waals surface area contributed by atoms with Crippen LogP contribution in [0.3, 0.4) is 0 Å². The minimum atomic E-state index is -2.85. The van der Waals surface area contributed by atoms with E-state index in [1.807, 2.05) is 13.0 Å². The third-order valence-electron chi connectivity index (χ3n) is 2.71. The Kier molecular flexibility index (Phi) is 3.14. The third-order valence-corrected chi connectivity index (χ3v) is 4.53. The summed E-state index contributed by atoms with van der Waals surface area (Å²) in [6, 6.07) is 2.01. The van der Waals surface area contributed by atoms with E-state index in [1.165, 1.54) is 0 Å². The zero-order valence-electron chi connectivity index (χ0n) is 9.31. The summed E-state index contributed by atoms with van der Waals surface area (Å²) < 4.78 is 22.9. The lowest BCUT2D eigenvalue weighted by Gasteiger charge is -2.23. The van der Waals surface area contributed by atoms with Gasteiger partial charge in [0.2, 0.25) is 0 Å². The van der Waals surface area contributed by atoms with Gasteiger partial charge in [-0.3, -0.25) is 4.98 Å². The van der Waals surface area contributed by atoms with Gasteiger partial charge in [0.15, 0.2) is 9.84 Å². The number of hydrogen-bond acceptors (Lipinski definition) is 4. The van der Waals surface area contributed by atoms with Crippen molar-refractivity contribution in [2.24, 2.45) is 0 Å². The molecule has 88 valence electrons. The number of nitrogens with zero attached hydrogens (tertiary/aromatic N) is 1. The smallest absolute Gasteiger partial charge is 0.152 e. The van der Waals surface area contributed by atoms with Crippen molar-refractivity contribution >= 4 is 15.5 Å². The van der Waals surface area contributed by atoms with Crippen LogP contribution >= 0.6 is 0 Å². The maximum atomic E-state index is 11.5. The molecule has 5 heteroatoms. The SMILES string of the molecule is Cc1cncc(NC2CCCS(=O)(=O)C2)c1. The Morgan fingerprint density at radius 3 is 2.94 bits per heavy atom. The Balaban J connectivity index is 2.05. The fraction of sp³-hybridized carbons (Fsp3) is 0.545.